The molecule has 4 aromatic rings. The van der Waals surface area contributed by atoms with Crippen LogP contribution >= 0.6 is 0 Å². The van der Waals surface area contributed by atoms with Gasteiger partial charge >= 0.3 is 0 Å². The van der Waals surface area contributed by atoms with Crippen LogP contribution < -0.4 is 20.7 Å². The first-order valence-electron chi connectivity index (χ1n) is 10.6. The van der Waals surface area contributed by atoms with Crippen molar-refractivity contribution < 1.29 is 21.4 Å². The minimum Gasteiger partial charge on any atom is -0.356 e. The highest BCUT2D eigenvalue weighted by molar-refractivity contribution is 7.96. The first kappa shape index (κ1) is 25.4. The van der Waals surface area contributed by atoms with Gasteiger partial charge in [-0.2, -0.15) is 8.42 Å². The average Bonchev–Trinajstić information content (AvgIpc) is 3.34. The number of hydrogen-bond donors (Lipinski definition) is 3. The lowest BCUT2D eigenvalue weighted by Gasteiger charge is -2.21. The van der Waals surface area contributed by atoms with Crippen LogP contribution in [0.5, 0.6) is 0 Å². The Morgan fingerprint density at radius 2 is 1.97 bits per heavy atom. The highest BCUT2D eigenvalue weighted by Crippen LogP contribution is 2.21. The Kier molecular flexibility index (Phi) is 6.85. The quantitative estimate of drug-likeness (QED) is 0.248. The van der Waals surface area contributed by atoms with E-state index in [0.717, 1.165) is 5.41 Å². The van der Waals surface area contributed by atoms with Crippen LogP contribution in [-0.2, 0) is 20.1 Å². The Morgan fingerprint density at radius 3 is 2.58 bits per heavy atom. The van der Waals surface area contributed by atoms with E-state index in [1.54, 1.807) is 48.4 Å². The molecule has 0 saturated heterocycles. The normalized spacial score (nSPS) is 13.6. The van der Waals surface area contributed by atoms with Crippen LogP contribution in [0.1, 0.15) is 12.6 Å². The fourth-order valence-corrected chi connectivity index (χ4v) is 4.41. The van der Waals surface area contributed by atoms with Gasteiger partial charge in [-0.3, -0.25) is 14.6 Å². The lowest BCUT2D eigenvalue weighted by molar-refractivity contribution is 0.482. The van der Waals surface area contributed by atoms with Crippen molar-refractivity contribution in [2.45, 2.75) is 13.8 Å². The highest BCUT2D eigenvalue weighted by Gasteiger charge is 2.16. The number of nitrogens with zero attached hydrogens (tertiary/aromatic N) is 7. The van der Waals surface area contributed by atoms with Gasteiger partial charge < -0.3 is 4.90 Å². The number of aryl methyl sites for hydroxylation is 1. The molecule has 0 unspecified atom stereocenters. The minimum atomic E-state index is -4.12. The maximum atomic E-state index is 11.8. The molecule has 36 heavy (non-hydrogen) atoms. The summed E-state index contributed by atoms with van der Waals surface area (Å²) in [5.74, 6) is 0.402. The molecule has 4 aromatic heterocycles. The summed E-state index contributed by atoms with van der Waals surface area (Å²) in [6.07, 6.45) is 1.59. The first-order valence-corrected chi connectivity index (χ1v) is 13.8. The molecule has 4 N–H and O–H groups in total. The Bertz CT molecular complexity index is 1750. The molecule has 0 bridgehead atoms. The van der Waals surface area contributed by atoms with E-state index in [1.165, 1.54) is 4.52 Å². The number of anilines is 1. The van der Waals surface area contributed by atoms with Gasteiger partial charge in [-0.1, -0.05) is 6.07 Å². The highest BCUT2D eigenvalue weighted by atomic mass is 32.2. The third-order valence-electron chi connectivity index (χ3n) is 5.14. The number of nitrogens with two attached hydrogens (primary N) is 1. The van der Waals surface area contributed by atoms with E-state index in [9.17, 15) is 16.8 Å². The van der Waals surface area contributed by atoms with E-state index >= 15 is 0 Å². The molecule has 190 valence electrons. The third kappa shape index (κ3) is 5.73. The van der Waals surface area contributed by atoms with Gasteiger partial charge in [0.25, 0.3) is 10.1 Å². The molecular formula is C20H23N9O5S2. The van der Waals surface area contributed by atoms with Gasteiger partial charge in [-0.25, -0.2) is 28.0 Å². The smallest absolute Gasteiger partial charge is 0.266 e. The lowest BCUT2D eigenvalue weighted by Crippen LogP contribution is -2.29. The van der Waals surface area contributed by atoms with Crippen LogP contribution in [0.15, 0.2) is 41.5 Å². The standard InChI is InChI=1S/C20H23N9O5S2/c1-3-28(10-11-36(32,33)34)17-8-7-14(13(2)23-17)24-18-16(12-35(21,30)31)27-29-19(25-26-20(18)29)15-6-4-5-9-22-15/h4-9,12,27H,3,10-11H2,1-2H3,(H2,21,30,31)(H,32,33,34)/b16-12-,24-18?. The molecule has 16 heteroatoms. The monoisotopic (exact) mass is 533 g/mol. The molecule has 0 fully saturated rings. The van der Waals surface area contributed by atoms with Crippen molar-refractivity contribution in [1.82, 2.24) is 29.8 Å². The first-order chi connectivity index (χ1) is 16.9. The molecule has 0 aliphatic carbocycles. The summed E-state index contributed by atoms with van der Waals surface area (Å²) in [4.78, 5) is 15.0. The van der Waals surface area contributed by atoms with Crippen molar-refractivity contribution in [3.63, 3.8) is 0 Å². The van der Waals surface area contributed by atoms with Gasteiger partial charge in [-0.05, 0) is 38.1 Å². The van der Waals surface area contributed by atoms with E-state index in [2.05, 4.69) is 30.3 Å². The Morgan fingerprint density at radius 1 is 1.19 bits per heavy atom. The number of fused-ring (bicyclic) bond motifs is 1. The number of hydrogen-bond acceptors (Lipinski definition) is 10. The van der Waals surface area contributed by atoms with E-state index in [1.807, 2.05) is 6.92 Å². The second-order valence-electron chi connectivity index (χ2n) is 7.73. The van der Waals surface area contributed by atoms with Crippen LogP contribution in [0.4, 0.5) is 11.5 Å². The molecule has 0 aliphatic heterocycles. The summed E-state index contributed by atoms with van der Waals surface area (Å²) in [6, 6.07) is 8.56. The van der Waals surface area contributed by atoms with E-state index in [-0.39, 0.29) is 22.9 Å². The molecule has 14 nitrogen and oxygen atoms in total. The van der Waals surface area contributed by atoms with Gasteiger partial charge in [0.15, 0.2) is 0 Å². The molecule has 0 amide bonds. The maximum absolute atomic E-state index is 11.8. The number of nitrogens with one attached hydrogen (secondary N) is 1. The van der Waals surface area contributed by atoms with Crippen molar-refractivity contribution in [3.8, 4) is 11.5 Å². The van der Waals surface area contributed by atoms with Gasteiger partial charge in [0, 0.05) is 19.3 Å². The van der Waals surface area contributed by atoms with E-state index in [0.29, 0.717) is 35.3 Å². The Labute approximate surface area is 206 Å². The van der Waals surface area contributed by atoms with Crippen molar-refractivity contribution in [1.29, 1.82) is 0 Å². The number of aromatic amines is 1. The number of H-pyrrole nitrogens is 1. The number of pyridine rings is 2. The minimum absolute atomic E-state index is 0.0558. The zero-order valence-electron chi connectivity index (χ0n) is 19.3. The lowest BCUT2D eigenvalue weighted by atomic mass is 10.3. The van der Waals surface area contributed by atoms with E-state index in [4.69, 9.17) is 9.69 Å². The van der Waals surface area contributed by atoms with Gasteiger partial charge in [0.1, 0.15) is 16.9 Å². The fourth-order valence-electron chi connectivity index (χ4n) is 3.47. The van der Waals surface area contributed by atoms with Crippen molar-refractivity contribution in [2.75, 3.05) is 23.7 Å². The fraction of sp³-hybridized carbons (Fsp3) is 0.250. The largest absolute Gasteiger partial charge is 0.356 e. The molecule has 4 heterocycles. The number of rotatable bonds is 8. The predicted octanol–water partition coefficient (Wildman–Crippen LogP) is -0.485. The van der Waals surface area contributed by atoms with Crippen molar-refractivity contribution >= 4 is 42.7 Å². The molecule has 4 rings (SSSR count). The average molecular weight is 534 g/mol. The predicted molar refractivity (Wildman–Crippen MR) is 132 cm³/mol. The summed E-state index contributed by atoms with van der Waals surface area (Å²) in [6.45, 7) is 4.05. The van der Waals surface area contributed by atoms with Crippen molar-refractivity contribution in [2.24, 2.45) is 10.1 Å². The van der Waals surface area contributed by atoms with Crippen molar-refractivity contribution in [3.05, 3.63) is 52.9 Å². The zero-order chi connectivity index (χ0) is 26.1. The molecular weight excluding hydrogens is 510 g/mol. The topological polar surface area (TPSA) is 202 Å². The van der Waals surface area contributed by atoms with Crippen LogP contribution in [0, 0.1) is 6.92 Å². The molecule has 0 atom stereocenters. The van der Waals surface area contributed by atoms with Crippen LogP contribution in [0.3, 0.4) is 0 Å². The second-order valence-corrected chi connectivity index (χ2v) is 10.7. The Balaban J connectivity index is 1.84. The van der Waals surface area contributed by atoms with Gasteiger partial charge in [-0.15, -0.1) is 10.2 Å². The maximum Gasteiger partial charge on any atom is 0.266 e. The van der Waals surface area contributed by atoms with Crippen LogP contribution in [0.2, 0.25) is 0 Å². The summed E-state index contributed by atoms with van der Waals surface area (Å²) >= 11 is 0. The Hall–Kier alpha value is -3.73. The van der Waals surface area contributed by atoms with Gasteiger partial charge in [0.05, 0.1) is 27.9 Å². The van der Waals surface area contributed by atoms with E-state index < -0.39 is 25.9 Å². The third-order valence-corrected chi connectivity index (χ3v) is 6.40. The van der Waals surface area contributed by atoms with Crippen LogP contribution in [-0.4, -0.2) is 70.0 Å². The van der Waals surface area contributed by atoms with Crippen LogP contribution in [0.25, 0.3) is 22.6 Å². The summed E-state index contributed by atoms with van der Waals surface area (Å²) in [5.41, 5.74) is 1.66. The molecule has 0 spiro atoms. The number of aromatic nitrogens is 6. The molecule has 0 aromatic carbocycles. The zero-order valence-corrected chi connectivity index (χ0v) is 20.9. The molecule has 0 saturated carbocycles. The number of primary sulfonamides is 1. The molecule has 0 radical (unpaired) electrons. The summed E-state index contributed by atoms with van der Waals surface area (Å²) < 4.78 is 56.4. The number of sulfonamides is 1. The summed E-state index contributed by atoms with van der Waals surface area (Å²) in [7, 11) is -8.15. The second kappa shape index (κ2) is 9.73. The SMILES string of the molecule is CCN(CCS(=O)(=O)O)c1ccc(N=c2/c(=C/S(N)(=O)=O)[nH]n3c(-c4ccccn4)nnc23)c(C)n1. The molecule has 0 aliphatic rings. The summed E-state index contributed by atoms with van der Waals surface area (Å²) in [5, 5.41) is 17.6. The van der Waals surface area contributed by atoms with Gasteiger partial charge in [0.2, 0.25) is 21.5 Å².